The van der Waals surface area contributed by atoms with Crippen molar-refractivity contribution in [1.29, 1.82) is 0 Å². The van der Waals surface area contributed by atoms with E-state index in [1.54, 1.807) is 60.9 Å². The molecule has 2 aromatic carbocycles. The first-order valence-electron chi connectivity index (χ1n) is 10.1. The number of halogens is 1. The second kappa shape index (κ2) is 8.96. The number of aliphatic hydroxyl groups is 1. The van der Waals surface area contributed by atoms with E-state index in [-0.39, 0.29) is 11.3 Å². The number of methoxy groups -OCH3 is 2. The van der Waals surface area contributed by atoms with E-state index in [9.17, 15) is 14.7 Å². The Hall–Kier alpha value is -3.84. The molecule has 1 fully saturated rings. The third-order valence-corrected chi connectivity index (χ3v) is 5.77. The number of hydrogen-bond acceptors (Lipinski definition) is 6. The molecule has 1 N–H and O–H groups in total. The van der Waals surface area contributed by atoms with Crippen molar-refractivity contribution in [2.75, 3.05) is 19.1 Å². The fraction of sp³-hybridized carbons (Fsp3) is 0.160. The summed E-state index contributed by atoms with van der Waals surface area (Å²) in [7, 11) is 2.97. The first-order valence-corrected chi connectivity index (χ1v) is 10.4. The number of aromatic nitrogens is 1. The molecule has 1 amide bonds. The Bertz CT molecular complexity index is 1270. The second-order valence-electron chi connectivity index (χ2n) is 7.46. The molecule has 8 heteroatoms. The summed E-state index contributed by atoms with van der Waals surface area (Å²) in [6.45, 7) is 1.82. The van der Waals surface area contributed by atoms with Crippen molar-refractivity contribution in [3.8, 4) is 11.5 Å². The SMILES string of the molecule is COc1ccc(/C(O)=C2\C(=O)C(=O)N(c3cc(Cl)ccc3C)C2c2cccnc2)cc1OC. The van der Waals surface area contributed by atoms with Gasteiger partial charge in [0.1, 0.15) is 5.76 Å². The molecule has 4 rings (SSSR count). The quantitative estimate of drug-likeness (QED) is 0.335. The number of hydrogen-bond donors (Lipinski definition) is 1. The second-order valence-corrected chi connectivity index (χ2v) is 7.89. The fourth-order valence-corrected chi connectivity index (χ4v) is 4.08. The van der Waals surface area contributed by atoms with Crippen molar-refractivity contribution >= 4 is 34.7 Å². The third-order valence-electron chi connectivity index (χ3n) is 5.53. The van der Waals surface area contributed by atoms with Crippen LogP contribution in [0.1, 0.15) is 22.7 Å². The van der Waals surface area contributed by atoms with Gasteiger partial charge in [-0.2, -0.15) is 0 Å². The number of ketones is 1. The van der Waals surface area contributed by atoms with Gasteiger partial charge in [0.15, 0.2) is 11.5 Å². The standard InChI is InChI=1S/C25H21ClN2O5/c1-14-6-8-17(26)12-18(14)28-22(16-5-4-10-27-13-16)21(24(30)25(28)31)23(29)15-7-9-19(32-2)20(11-15)33-3/h4-13,22,29H,1-3H3/b23-21+. The monoisotopic (exact) mass is 464 g/mol. The van der Waals surface area contributed by atoms with E-state index in [0.29, 0.717) is 33.3 Å². The van der Waals surface area contributed by atoms with E-state index in [2.05, 4.69) is 4.98 Å². The van der Waals surface area contributed by atoms with Crippen molar-refractivity contribution in [3.63, 3.8) is 0 Å². The minimum Gasteiger partial charge on any atom is -0.507 e. The Morgan fingerprint density at radius 1 is 1.06 bits per heavy atom. The summed E-state index contributed by atoms with van der Waals surface area (Å²) in [5.74, 6) is -1.07. The predicted molar refractivity (Wildman–Crippen MR) is 125 cm³/mol. The van der Waals surface area contributed by atoms with E-state index in [4.69, 9.17) is 21.1 Å². The highest BCUT2D eigenvalue weighted by Crippen LogP contribution is 2.44. The van der Waals surface area contributed by atoms with E-state index < -0.39 is 17.7 Å². The maximum atomic E-state index is 13.2. The highest BCUT2D eigenvalue weighted by atomic mass is 35.5. The lowest BCUT2D eigenvalue weighted by molar-refractivity contribution is -0.132. The average molecular weight is 465 g/mol. The van der Waals surface area contributed by atoms with Crippen LogP contribution in [0.4, 0.5) is 5.69 Å². The van der Waals surface area contributed by atoms with Crippen LogP contribution >= 0.6 is 11.6 Å². The van der Waals surface area contributed by atoms with Crippen molar-refractivity contribution < 1.29 is 24.2 Å². The van der Waals surface area contributed by atoms with E-state index >= 15 is 0 Å². The highest BCUT2D eigenvalue weighted by molar-refractivity contribution is 6.52. The molecule has 0 bridgehead atoms. The Kier molecular flexibility index (Phi) is 6.07. The summed E-state index contributed by atoms with van der Waals surface area (Å²) < 4.78 is 10.6. The molecule has 3 aromatic rings. The number of amides is 1. The molecule has 0 saturated carbocycles. The van der Waals surface area contributed by atoms with Crippen molar-refractivity contribution in [2.24, 2.45) is 0 Å². The number of Topliss-reactive ketones (excluding diaryl/α,β-unsaturated/α-hetero) is 1. The number of carbonyl (C=O) groups excluding carboxylic acids is 2. The normalized spacial score (nSPS) is 17.3. The van der Waals surface area contributed by atoms with Gasteiger partial charge in [-0.3, -0.25) is 19.5 Å². The molecule has 1 aromatic heterocycles. The van der Waals surface area contributed by atoms with E-state index in [1.807, 2.05) is 6.92 Å². The maximum Gasteiger partial charge on any atom is 0.300 e. The molecule has 1 atom stereocenters. The van der Waals surface area contributed by atoms with Crippen molar-refractivity contribution in [3.05, 3.63) is 88.2 Å². The summed E-state index contributed by atoms with van der Waals surface area (Å²) in [5.41, 5.74) is 2.05. The van der Waals surface area contributed by atoms with Crippen LogP contribution in [0.3, 0.4) is 0 Å². The number of aliphatic hydroxyl groups excluding tert-OH is 1. The molecule has 33 heavy (non-hydrogen) atoms. The first-order chi connectivity index (χ1) is 15.9. The van der Waals surface area contributed by atoms with Crippen LogP contribution in [-0.4, -0.2) is 36.0 Å². The summed E-state index contributed by atoms with van der Waals surface area (Å²) in [6, 6.07) is 12.4. The number of anilines is 1. The summed E-state index contributed by atoms with van der Waals surface area (Å²) in [5, 5.41) is 11.7. The van der Waals surface area contributed by atoms with Crippen molar-refractivity contribution in [2.45, 2.75) is 13.0 Å². The largest absolute Gasteiger partial charge is 0.507 e. The number of aryl methyl sites for hydroxylation is 1. The third kappa shape index (κ3) is 3.91. The van der Waals surface area contributed by atoms with Gasteiger partial charge < -0.3 is 14.6 Å². The smallest absolute Gasteiger partial charge is 0.300 e. The van der Waals surface area contributed by atoms with Gasteiger partial charge in [0.25, 0.3) is 11.7 Å². The van der Waals surface area contributed by atoms with Gasteiger partial charge in [-0.25, -0.2) is 0 Å². The zero-order chi connectivity index (χ0) is 23.7. The number of rotatable bonds is 5. The van der Waals surface area contributed by atoms with Crippen LogP contribution in [0.15, 0.2) is 66.5 Å². The van der Waals surface area contributed by atoms with Crippen LogP contribution in [0.2, 0.25) is 5.02 Å². The van der Waals surface area contributed by atoms with Gasteiger partial charge >= 0.3 is 0 Å². The molecule has 2 heterocycles. The number of pyridine rings is 1. The number of nitrogens with zero attached hydrogens (tertiary/aromatic N) is 2. The van der Waals surface area contributed by atoms with Crippen LogP contribution in [0, 0.1) is 6.92 Å². The van der Waals surface area contributed by atoms with Gasteiger partial charge in [-0.05, 0) is 54.4 Å². The molecule has 1 aliphatic rings. The van der Waals surface area contributed by atoms with Crippen molar-refractivity contribution in [1.82, 2.24) is 4.98 Å². The van der Waals surface area contributed by atoms with E-state index in [1.165, 1.54) is 19.1 Å². The first kappa shape index (κ1) is 22.4. The molecular formula is C25H21ClN2O5. The summed E-state index contributed by atoms with van der Waals surface area (Å²) in [6.07, 6.45) is 3.15. The van der Waals surface area contributed by atoms with Gasteiger partial charge in [0.05, 0.1) is 25.8 Å². The van der Waals surface area contributed by atoms with Crippen LogP contribution in [0.25, 0.3) is 5.76 Å². The predicted octanol–water partition coefficient (Wildman–Crippen LogP) is 4.69. The van der Waals surface area contributed by atoms with Gasteiger partial charge in [0, 0.05) is 28.7 Å². The van der Waals surface area contributed by atoms with Gasteiger partial charge in [-0.15, -0.1) is 0 Å². The molecule has 1 aliphatic heterocycles. The van der Waals surface area contributed by atoms with Crippen LogP contribution in [0.5, 0.6) is 11.5 Å². The number of ether oxygens (including phenoxy) is 2. The molecule has 7 nitrogen and oxygen atoms in total. The zero-order valence-corrected chi connectivity index (χ0v) is 19.0. The fourth-order valence-electron chi connectivity index (χ4n) is 3.92. The molecule has 0 radical (unpaired) electrons. The number of carbonyl (C=O) groups is 2. The Morgan fingerprint density at radius 2 is 1.82 bits per heavy atom. The molecule has 1 saturated heterocycles. The molecule has 1 unspecified atom stereocenters. The Labute approximate surface area is 195 Å². The Balaban J connectivity index is 1.96. The highest BCUT2D eigenvalue weighted by Gasteiger charge is 2.47. The van der Waals surface area contributed by atoms with Gasteiger partial charge in [-0.1, -0.05) is 23.7 Å². The maximum absolute atomic E-state index is 13.2. The summed E-state index contributed by atoms with van der Waals surface area (Å²) >= 11 is 6.21. The molecule has 168 valence electrons. The molecular weight excluding hydrogens is 444 g/mol. The molecule has 0 aliphatic carbocycles. The lowest BCUT2D eigenvalue weighted by Crippen LogP contribution is -2.30. The Morgan fingerprint density at radius 3 is 2.48 bits per heavy atom. The minimum atomic E-state index is -0.899. The van der Waals surface area contributed by atoms with Gasteiger partial charge in [0.2, 0.25) is 0 Å². The lowest BCUT2D eigenvalue weighted by atomic mass is 9.96. The topological polar surface area (TPSA) is 89.0 Å². The molecule has 0 spiro atoms. The number of benzene rings is 2. The van der Waals surface area contributed by atoms with Crippen LogP contribution < -0.4 is 14.4 Å². The summed E-state index contributed by atoms with van der Waals surface area (Å²) in [4.78, 5) is 32.0. The minimum absolute atomic E-state index is 0.0559. The van der Waals surface area contributed by atoms with E-state index in [0.717, 1.165) is 5.56 Å². The van der Waals surface area contributed by atoms with Crippen LogP contribution in [-0.2, 0) is 9.59 Å². The average Bonchev–Trinajstić information content (AvgIpc) is 3.10. The lowest BCUT2D eigenvalue weighted by Gasteiger charge is -2.26. The zero-order valence-electron chi connectivity index (χ0n) is 18.2.